The number of ether oxygens (including phenoxy) is 1. The third-order valence-corrected chi connectivity index (χ3v) is 3.95. The van der Waals surface area contributed by atoms with Crippen LogP contribution in [0.5, 0.6) is 0 Å². The zero-order chi connectivity index (χ0) is 15.6. The smallest absolute Gasteiger partial charge is 0.165 e. The molecule has 0 spiro atoms. The van der Waals surface area contributed by atoms with Gasteiger partial charge in [0.05, 0.1) is 24.7 Å². The van der Waals surface area contributed by atoms with Crippen LogP contribution in [0, 0.1) is 5.82 Å². The molecule has 6 nitrogen and oxygen atoms in total. The molecule has 1 atom stereocenters. The van der Waals surface area contributed by atoms with Crippen LogP contribution in [0.2, 0.25) is 0 Å². The van der Waals surface area contributed by atoms with Crippen LogP contribution in [0.3, 0.4) is 0 Å². The van der Waals surface area contributed by atoms with Crippen molar-refractivity contribution in [3.8, 4) is 0 Å². The Kier molecular flexibility index (Phi) is 3.63. The van der Waals surface area contributed by atoms with Crippen molar-refractivity contribution in [2.24, 2.45) is 0 Å². The number of para-hydroxylation sites is 1. The fourth-order valence-corrected chi connectivity index (χ4v) is 2.80. The summed E-state index contributed by atoms with van der Waals surface area (Å²) in [4.78, 5) is 12.9. The molecule has 1 saturated heterocycles. The molecule has 1 aromatic carbocycles. The first-order valence-electron chi connectivity index (χ1n) is 7.60. The quantitative estimate of drug-likeness (QED) is 0.802. The van der Waals surface area contributed by atoms with Gasteiger partial charge in [-0.3, -0.25) is 0 Å². The number of anilines is 2. The number of imidazole rings is 1. The van der Waals surface area contributed by atoms with E-state index in [1.54, 1.807) is 24.5 Å². The molecule has 1 aliphatic heterocycles. The average molecular weight is 313 g/mol. The SMILES string of the molecule is Fc1ccccc1Nc1ncnc2c1ncn2CC1CCCO1. The van der Waals surface area contributed by atoms with Crippen molar-refractivity contribution in [3.05, 3.63) is 42.7 Å². The fraction of sp³-hybridized carbons (Fsp3) is 0.312. The molecular weight excluding hydrogens is 297 g/mol. The fourth-order valence-electron chi connectivity index (χ4n) is 2.80. The summed E-state index contributed by atoms with van der Waals surface area (Å²) in [5, 5.41) is 2.99. The second kappa shape index (κ2) is 5.92. The highest BCUT2D eigenvalue weighted by Crippen LogP contribution is 2.24. The van der Waals surface area contributed by atoms with Gasteiger partial charge in [0.15, 0.2) is 17.0 Å². The number of nitrogens with zero attached hydrogens (tertiary/aromatic N) is 4. The van der Waals surface area contributed by atoms with Crippen molar-refractivity contribution in [1.29, 1.82) is 0 Å². The first-order valence-corrected chi connectivity index (χ1v) is 7.60. The van der Waals surface area contributed by atoms with Gasteiger partial charge in [0.2, 0.25) is 0 Å². The van der Waals surface area contributed by atoms with Gasteiger partial charge < -0.3 is 14.6 Å². The maximum absolute atomic E-state index is 13.8. The first-order chi connectivity index (χ1) is 11.3. The van der Waals surface area contributed by atoms with Crippen molar-refractivity contribution in [2.45, 2.75) is 25.5 Å². The minimum atomic E-state index is -0.335. The van der Waals surface area contributed by atoms with Crippen molar-refractivity contribution in [1.82, 2.24) is 19.5 Å². The summed E-state index contributed by atoms with van der Waals surface area (Å²) >= 11 is 0. The number of benzene rings is 1. The summed E-state index contributed by atoms with van der Waals surface area (Å²) in [6.45, 7) is 1.53. The molecule has 1 unspecified atom stereocenters. The maximum Gasteiger partial charge on any atom is 0.165 e. The van der Waals surface area contributed by atoms with Gasteiger partial charge in [0, 0.05) is 6.61 Å². The molecule has 23 heavy (non-hydrogen) atoms. The molecule has 1 aliphatic rings. The zero-order valence-corrected chi connectivity index (χ0v) is 12.4. The molecule has 0 bridgehead atoms. The lowest BCUT2D eigenvalue weighted by atomic mass is 10.2. The number of nitrogens with one attached hydrogen (secondary N) is 1. The molecule has 3 aromatic rings. The molecule has 2 aromatic heterocycles. The Balaban J connectivity index is 1.66. The Hall–Kier alpha value is -2.54. The third-order valence-electron chi connectivity index (χ3n) is 3.95. The van der Waals surface area contributed by atoms with Crippen LogP contribution < -0.4 is 5.32 Å². The van der Waals surface area contributed by atoms with Crippen molar-refractivity contribution in [3.63, 3.8) is 0 Å². The lowest BCUT2D eigenvalue weighted by molar-refractivity contribution is 0.0978. The van der Waals surface area contributed by atoms with E-state index < -0.39 is 0 Å². The van der Waals surface area contributed by atoms with E-state index in [0.717, 1.165) is 19.4 Å². The Morgan fingerprint density at radius 2 is 2.17 bits per heavy atom. The van der Waals surface area contributed by atoms with E-state index in [9.17, 15) is 4.39 Å². The van der Waals surface area contributed by atoms with E-state index in [0.29, 0.717) is 29.2 Å². The van der Waals surface area contributed by atoms with Crippen LogP contribution >= 0.6 is 0 Å². The number of hydrogen-bond acceptors (Lipinski definition) is 5. The molecule has 0 radical (unpaired) electrons. The van der Waals surface area contributed by atoms with Crippen LogP contribution in [0.1, 0.15) is 12.8 Å². The van der Waals surface area contributed by atoms with Gasteiger partial charge in [-0.2, -0.15) is 0 Å². The Bertz CT molecular complexity index is 828. The number of fused-ring (bicyclic) bond motifs is 1. The Labute approximate surface area is 132 Å². The molecule has 7 heteroatoms. The minimum Gasteiger partial charge on any atom is -0.376 e. The normalized spacial score (nSPS) is 17.7. The van der Waals surface area contributed by atoms with Gasteiger partial charge in [-0.1, -0.05) is 12.1 Å². The number of halogens is 1. The highest BCUT2D eigenvalue weighted by molar-refractivity contribution is 5.85. The largest absolute Gasteiger partial charge is 0.376 e. The van der Waals surface area contributed by atoms with E-state index >= 15 is 0 Å². The lowest BCUT2D eigenvalue weighted by Crippen LogP contribution is -2.14. The highest BCUT2D eigenvalue weighted by atomic mass is 19.1. The van der Waals surface area contributed by atoms with Crippen LogP contribution in [-0.4, -0.2) is 32.2 Å². The van der Waals surface area contributed by atoms with Gasteiger partial charge in [0.1, 0.15) is 12.1 Å². The van der Waals surface area contributed by atoms with E-state index in [1.165, 1.54) is 12.4 Å². The van der Waals surface area contributed by atoms with E-state index in [2.05, 4.69) is 20.3 Å². The highest BCUT2D eigenvalue weighted by Gasteiger charge is 2.18. The summed E-state index contributed by atoms with van der Waals surface area (Å²) in [7, 11) is 0. The van der Waals surface area contributed by atoms with Crippen molar-refractivity contribution >= 4 is 22.7 Å². The topological polar surface area (TPSA) is 64.9 Å². The molecule has 1 N–H and O–H groups in total. The predicted octanol–water partition coefficient (Wildman–Crippen LogP) is 2.89. The standard InChI is InChI=1S/C16H16FN5O/c17-12-5-1-2-6-13(12)21-15-14-16(19-9-18-15)22(10-20-14)8-11-4-3-7-23-11/h1-2,5-6,9-11H,3-4,7-8H2,(H,18,19,21). The zero-order valence-electron chi connectivity index (χ0n) is 12.4. The van der Waals surface area contributed by atoms with Crippen LogP contribution in [0.25, 0.3) is 11.2 Å². The molecule has 1 fully saturated rings. The summed E-state index contributed by atoms with van der Waals surface area (Å²) < 4.78 is 21.4. The molecular formula is C16H16FN5O. The second-order valence-corrected chi connectivity index (χ2v) is 5.53. The van der Waals surface area contributed by atoms with Crippen LogP contribution in [0.4, 0.5) is 15.9 Å². The molecule has 118 valence electrons. The van der Waals surface area contributed by atoms with Crippen LogP contribution in [0.15, 0.2) is 36.9 Å². The number of hydrogen-bond donors (Lipinski definition) is 1. The molecule has 4 rings (SSSR count). The summed E-state index contributed by atoms with van der Waals surface area (Å²) in [6, 6.07) is 6.47. The van der Waals surface area contributed by atoms with E-state index in [-0.39, 0.29) is 11.9 Å². The Morgan fingerprint density at radius 3 is 3.00 bits per heavy atom. The number of aromatic nitrogens is 4. The van der Waals surface area contributed by atoms with Crippen molar-refractivity contribution < 1.29 is 9.13 Å². The summed E-state index contributed by atoms with van der Waals surface area (Å²) in [6.07, 6.45) is 5.52. The van der Waals surface area contributed by atoms with E-state index in [4.69, 9.17) is 4.74 Å². The van der Waals surface area contributed by atoms with Gasteiger partial charge in [0.25, 0.3) is 0 Å². The van der Waals surface area contributed by atoms with Crippen LogP contribution in [-0.2, 0) is 11.3 Å². The van der Waals surface area contributed by atoms with Gasteiger partial charge in [-0.05, 0) is 25.0 Å². The van der Waals surface area contributed by atoms with Crippen molar-refractivity contribution in [2.75, 3.05) is 11.9 Å². The minimum absolute atomic E-state index is 0.199. The molecule has 3 heterocycles. The third kappa shape index (κ3) is 2.75. The molecule has 0 saturated carbocycles. The molecule has 0 amide bonds. The maximum atomic E-state index is 13.8. The lowest BCUT2D eigenvalue weighted by Gasteiger charge is -2.10. The monoisotopic (exact) mass is 313 g/mol. The summed E-state index contributed by atoms with van der Waals surface area (Å²) in [5.41, 5.74) is 1.70. The number of rotatable bonds is 4. The summed E-state index contributed by atoms with van der Waals surface area (Å²) in [5.74, 6) is 0.157. The second-order valence-electron chi connectivity index (χ2n) is 5.53. The first kappa shape index (κ1) is 14.1. The Morgan fingerprint density at radius 1 is 1.26 bits per heavy atom. The van der Waals surface area contributed by atoms with E-state index in [1.807, 2.05) is 4.57 Å². The van der Waals surface area contributed by atoms with Gasteiger partial charge >= 0.3 is 0 Å². The molecule has 0 aliphatic carbocycles. The predicted molar refractivity (Wildman–Crippen MR) is 84.0 cm³/mol. The van der Waals surface area contributed by atoms with Gasteiger partial charge in [-0.25, -0.2) is 19.3 Å². The van der Waals surface area contributed by atoms with Gasteiger partial charge in [-0.15, -0.1) is 0 Å². The average Bonchev–Trinajstić information content (AvgIpc) is 3.21.